The van der Waals surface area contributed by atoms with Gasteiger partial charge in [-0.25, -0.2) is 4.79 Å². The third-order valence-electron chi connectivity index (χ3n) is 7.60. The normalized spacial score (nSPS) is 34.4. The fourth-order valence-corrected chi connectivity index (χ4v) is 5.48. The Kier molecular flexibility index (Phi) is 12.2. The van der Waals surface area contributed by atoms with E-state index >= 15 is 0 Å². The maximum Gasteiger partial charge on any atom is 0.405 e. The van der Waals surface area contributed by atoms with Crippen LogP contribution in [0, 0.1) is 29.6 Å². The van der Waals surface area contributed by atoms with E-state index in [0.29, 0.717) is 6.42 Å². The van der Waals surface area contributed by atoms with Crippen LogP contribution >= 0.6 is 0 Å². The smallest absolute Gasteiger partial charge is 0.405 e. The van der Waals surface area contributed by atoms with E-state index < -0.39 is 48.3 Å². The largest absolute Gasteiger partial charge is 0.441 e. The van der Waals surface area contributed by atoms with Crippen molar-refractivity contribution in [3.05, 3.63) is 58.9 Å². The van der Waals surface area contributed by atoms with Crippen LogP contribution in [0.3, 0.4) is 0 Å². The van der Waals surface area contributed by atoms with E-state index in [9.17, 15) is 29.4 Å². The molecule has 0 radical (unpaired) electrons. The number of allylic oxidation sites excluding steroid dienone is 5. The maximum atomic E-state index is 13.3. The van der Waals surface area contributed by atoms with Crippen molar-refractivity contribution in [2.75, 3.05) is 20.3 Å². The van der Waals surface area contributed by atoms with Crippen LogP contribution in [0.5, 0.6) is 0 Å². The second kappa shape index (κ2) is 14.9. The van der Waals surface area contributed by atoms with Gasteiger partial charge in [0.05, 0.1) is 18.4 Å². The number of hydrogen-bond acceptors (Lipinski definition) is 8. The molecule has 10 heteroatoms. The van der Waals surface area contributed by atoms with Gasteiger partial charge >= 0.3 is 6.09 Å². The van der Waals surface area contributed by atoms with Crippen LogP contribution < -0.4 is 11.1 Å². The Morgan fingerprint density at radius 1 is 1.07 bits per heavy atom. The lowest BCUT2D eigenvalue weighted by Gasteiger charge is -2.34. The molecule has 2 rings (SSSR count). The van der Waals surface area contributed by atoms with Gasteiger partial charge in [0.15, 0.2) is 5.78 Å². The Balaban J connectivity index is 2.62. The lowest BCUT2D eigenvalue weighted by molar-refractivity contribution is -0.120. The molecule has 0 aromatic heterocycles. The van der Waals surface area contributed by atoms with Crippen LogP contribution in [0.4, 0.5) is 4.79 Å². The van der Waals surface area contributed by atoms with E-state index in [1.54, 1.807) is 32.3 Å². The number of nitrogens with two attached hydrogens (primary N) is 1. The number of amides is 2. The molecule has 1 heterocycles. The summed E-state index contributed by atoms with van der Waals surface area (Å²) in [4.78, 5) is 50.4. The molecule has 10 nitrogen and oxygen atoms in total. The van der Waals surface area contributed by atoms with Crippen LogP contribution in [-0.4, -0.2) is 66.3 Å². The van der Waals surface area contributed by atoms with Gasteiger partial charge in [0.2, 0.25) is 5.78 Å². The standard InChI is InChI=1S/C30H42N2O8/c1-16-8-7-9-17(2)29(37)32-25-13-22(35)12-23(26(25)36)24(15-34)18(3)11-21(14-33)28(39-6)20(5)10-19(4)27(16)40-30(31)38/h7-10,12-13,16,18,20-21,24,27-28,33-34H,11,14-15H2,1-6H3,(H2,31,38)(H,32,37)/b8-7-,17-9+,19-10+/t16-,18-,20-,21+,24+,27+,28+/m0/s1. The van der Waals surface area contributed by atoms with Crippen molar-refractivity contribution in [2.24, 2.45) is 35.3 Å². The fraction of sp³-hybridized carbons (Fsp3) is 0.533. The first-order valence-electron chi connectivity index (χ1n) is 13.4. The molecule has 220 valence electrons. The molecule has 0 spiro atoms. The van der Waals surface area contributed by atoms with Crippen molar-refractivity contribution in [1.29, 1.82) is 0 Å². The number of carbonyl (C=O) groups is 4. The number of ether oxygens (including phenoxy) is 2. The molecule has 0 aromatic rings. The summed E-state index contributed by atoms with van der Waals surface area (Å²) in [5.41, 5.74) is 6.29. The van der Waals surface area contributed by atoms with Crippen LogP contribution in [0.1, 0.15) is 41.0 Å². The summed E-state index contributed by atoms with van der Waals surface area (Å²) >= 11 is 0. The number of methoxy groups -OCH3 is 1. The van der Waals surface area contributed by atoms with E-state index in [1.165, 1.54) is 6.08 Å². The minimum atomic E-state index is -0.927. The molecule has 7 atom stereocenters. The van der Waals surface area contributed by atoms with E-state index in [4.69, 9.17) is 15.2 Å². The summed E-state index contributed by atoms with van der Waals surface area (Å²) in [6.45, 7) is 8.33. The highest BCUT2D eigenvalue weighted by molar-refractivity contribution is 6.21. The van der Waals surface area contributed by atoms with E-state index in [1.807, 2.05) is 33.8 Å². The zero-order chi connectivity index (χ0) is 30.1. The van der Waals surface area contributed by atoms with Crippen molar-refractivity contribution in [3.63, 3.8) is 0 Å². The lowest BCUT2D eigenvalue weighted by Crippen LogP contribution is -2.37. The van der Waals surface area contributed by atoms with Crippen LogP contribution in [0.2, 0.25) is 0 Å². The molecule has 0 unspecified atom stereocenters. The monoisotopic (exact) mass is 558 g/mol. The highest BCUT2D eigenvalue weighted by Gasteiger charge is 2.35. The van der Waals surface area contributed by atoms with Gasteiger partial charge < -0.3 is 30.7 Å². The minimum absolute atomic E-state index is 0.104. The van der Waals surface area contributed by atoms with Gasteiger partial charge in [0, 0.05) is 54.6 Å². The maximum absolute atomic E-state index is 13.3. The number of nitrogens with one attached hydrogen (secondary N) is 1. The molecular formula is C30H42N2O8. The van der Waals surface area contributed by atoms with Crippen molar-refractivity contribution < 1.29 is 38.9 Å². The second-order valence-electron chi connectivity index (χ2n) is 10.7. The number of ketones is 2. The Morgan fingerprint density at radius 2 is 1.75 bits per heavy atom. The van der Waals surface area contributed by atoms with Crippen molar-refractivity contribution in [1.82, 2.24) is 5.32 Å². The van der Waals surface area contributed by atoms with Gasteiger partial charge in [0.1, 0.15) is 6.10 Å². The zero-order valence-electron chi connectivity index (χ0n) is 24.0. The zero-order valence-corrected chi connectivity index (χ0v) is 24.0. The van der Waals surface area contributed by atoms with Gasteiger partial charge in [-0.1, -0.05) is 45.1 Å². The highest BCUT2D eigenvalue weighted by Crippen LogP contribution is 2.33. The molecule has 2 aliphatic rings. The summed E-state index contributed by atoms with van der Waals surface area (Å²) in [7, 11) is 1.54. The molecule has 0 saturated heterocycles. The molecule has 2 bridgehead atoms. The van der Waals surface area contributed by atoms with Gasteiger partial charge in [-0.2, -0.15) is 0 Å². The molecule has 0 saturated carbocycles. The summed E-state index contributed by atoms with van der Waals surface area (Å²) in [5.74, 6) is -3.58. The third-order valence-corrected chi connectivity index (χ3v) is 7.60. The average molecular weight is 559 g/mol. The van der Waals surface area contributed by atoms with Gasteiger partial charge in [-0.15, -0.1) is 0 Å². The topological polar surface area (TPSA) is 165 Å². The first-order valence-corrected chi connectivity index (χ1v) is 13.4. The predicted octanol–water partition coefficient (Wildman–Crippen LogP) is 2.52. The molecule has 1 aliphatic heterocycles. The van der Waals surface area contributed by atoms with Crippen molar-refractivity contribution >= 4 is 23.6 Å². The van der Waals surface area contributed by atoms with Gasteiger partial charge in [-0.3, -0.25) is 14.4 Å². The highest BCUT2D eigenvalue weighted by atomic mass is 16.6. The molecule has 2 amide bonds. The number of primary amides is 1. The Labute approximate surface area is 235 Å². The van der Waals surface area contributed by atoms with Gasteiger partial charge in [0.25, 0.3) is 5.91 Å². The van der Waals surface area contributed by atoms with E-state index in [-0.39, 0.29) is 47.1 Å². The van der Waals surface area contributed by atoms with Crippen LogP contribution in [-0.2, 0) is 23.9 Å². The summed E-state index contributed by atoms with van der Waals surface area (Å²) in [5, 5.41) is 23.1. The van der Waals surface area contributed by atoms with Crippen molar-refractivity contribution in [2.45, 2.75) is 53.2 Å². The summed E-state index contributed by atoms with van der Waals surface area (Å²) in [6, 6.07) is 0. The first-order chi connectivity index (χ1) is 18.8. The second-order valence-corrected chi connectivity index (χ2v) is 10.7. The molecule has 40 heavy (non-hydrogen) atoms. The Hall–Kier alpha value is -3.34. The van der Waals surface area contributed by atoms with E-state index in [0.717, 1.165) is 11.6 Å². The van der Waals surface area contributed by atoms with Crippen LogP contribution in [0.15, 0.2) is 58.9 Å². The lowest BCUT2D eigenvalue weighted by atomic mass is 9.76. The van der Waals surface area contributed by atoms with E-state index in [2.05, 4.69) is 5.32 Å². The predicted molar refractivity (Wildman–Crippen MR) is 149 cm³/mol. The Morgan fingerprint density at radius 3 is 2.33 bits per heavy atom. The van der Waals surface area contributed by atoms with Crippen LogP contribution in [0.25, 0.3) is 0 Å². The number of carbonyl (C=O) groups excluding carboxylic acids is 4. The fourth-order valence-electron chi connectivity index (χ4n) is 5.48. The number of aliphatic hydroxyl groups excluding tert-OH is 2. The van der Waals surface area contributed by atoms with Crippen molar-refractivity contribution in [3.8, 4) is 0 Å². The molecule has 5 N–H and O–H groups in total. The SMILES string of the molecule is CO[C@H]1[C@@H](CO)C[C@H](C)[C@@H](CO)C2=CC(=O)C=C(NC(=O)/C(C)=C/C=C\[C@H](C)[C@@H](OC(N)=O)/C(C)=C/[C@@H]1C)C2=O. The number of Topliss-reactive ketones (excluding diaryl/α,β-unsaturated/α-hetero) is 1. The number of fused-ring (bicyclic) bond motifs is 2. The number of aliphatic hydroxyl groups is 2. The quantitative estimate of drug-likeness (QED) is 0.302. The van der Waals surface area contributed by atoms with Gasteiger partial charge in [-0.05, 0) is 37.8 Å². The molecule has 1 aliphatic carbocycles. The molecule has 0 fully saturated rings. The summed E-state index contributed by atoms with van der Waals surface area (Å²) in [6.07, 6.45) is 7.40. The average Bonchev–Trinajstić information content (AvgIpc) is 2.88. The molecule has 0 aromatic carbocycles. The third kappa shape index (κ3) is 8.33. The minimum Gasteiger partial charge on any atom is -0.441 e. The molecular weight excluding hydrogens is 516 g/mol. The first kappa shape index (κ1) is 32.9. The summed E-state index contributed by atoms with van der Waals surface area (Å²) < 4.78 is 11.2. The Bertz CT molecular complexity index is 1130. The number of rotatable bonds is 4. The number of hydrogen-bond donors (Lipinski definition) is 4.